The van der Waals surface area contributed by atoms with Gasteiger partial charge in [-0.3, -0.25) is 5.43 Å². The maximum Gasteiger partial charge on any atom is 0.344 e. The van der Waals surface area contributed by atoms with Gasteiger partial charge in [-0.1, -0.05) is 6.07 Å². The minimum atomic E-state index is -1.23. The fourth-order valence-corrected chi connectivity index (χ4v) is 4.76. The standard InChI is InChI=1S/C29H35IN4O10/c1-6-41-21-11-17(26-25(28(37)40-5)16(3)32-29(38)33-26)8-9-20(21)43-14-23(35)34-31-13-18-10-19(30)12-22(39-4)27(18)44-15-24(36)42-7-2/h8-13,23,26,34-35H,6-7,14-15H2,1-5H3,(H2,32,33,38)/b31-13+/t23-,26-/m0/s1. The zero-order valence-electron chi connectivity index (χ0n) is 24.9. The van der Waals surface area contributed by atoms with Gasteiger partial charge in [0.05, 0.1) is 45.3 Å². The summed E-state index contributed by atoms with van der Waals surface area (Å²) in [6.45, 7) is 5.11. The third-order valence-corrected chi connectivity index (χ3v) is 6.63. The van der Waals surface area contributed by atoms with Crippen LogP contribution in [0.3, 0.4) is 0 Å². The van der Waals surface area contributed by atoms with Crippen molar-refractivity contribution in [2.24, 2.45) is 5.10 Å². The summed E-state index contributed by atoms with van der Waals surface area (Å²) in [4.78, 5) is 36.4. The number of urea groups is 1. The molecule has 0 fully saturated rings. The third kappa shape index (κ3) is 9.12. The number of methoxy groups -OCH3 is 2. The smallest absolute Gasteiger partial charge is 0.344 e. The second-order valence-electron chi connectivity index (χ2n) is 9.04. The molecule has 2 aromatic rings. The molecular weight excluding hydrogens is 691 g/mol. The summed E-state index contributed by atoms with van der Waals surface area (Å²) in [5.74, 6) is 0.213. The van der Waals surface area contributed by atoms with Crippen LogP contribution in [-0.2, 0) is 19.1 Å². The molecule has 0 unspecified atom stereocenters. The number of halogens is 1. The van der Waals surface area contributed by atoms with Crippen LogP contribution in [0.5, 0.6) is 23.0 Å². The zero-order valence-corrected chi connectivity index (χ0v) is 27.1. The minimum Gasteiger partial charge on any atom is -0.493 e. The van der Waals surface area contributed by atoms with E-state index in [0.29, 0.717) is 40.7 Å². The molecule has 238 valence electrons. The van der Waals surface area contributed by atoms with Crippen LogP contribution >= 0.6 is 22.6 Å². The second kappa shape index (κ2) is 16.6. The van der Waals surface area contributed by atoms with Gasteiger partial charge in [-0.15, -0.1) is 0 Å². The molecule has 1 heterocycles. The fourth-order valence-electron chi connectivity index (χ4n) is 4.14. The van der Waals surface area contributed by atoms with E-state index in [1.165, 1.54) is 20.4 Å². The first-order valence-corrected chi connectivity index (χ1v) is 14.6. The van der Waals surface area contributed by atoms with Crippen LogP contribution < -0.4 is 35.0 Å². The van der Waals surface area contributed by atoms with Crippen molar-refractivity contribution in [2.45, 2.75) is 33.0 Å². The highest BCUT2D eigenvalue weighted by Crippen LogP contribution is 2.35. The van der Waals surface area contributed by atoms with Gasteiger partial charge in [0.2, 0.25) is 0 Å². The highest BCUT2D eigenvalue weighted by Gasteiger charge is 2.32. The van der Waals surface area contributed by atoms with E-state index in [0.717, 1.165) is 3.57 Å². The molecule has 0 aromatic heterocycles. The van der Waals surface area contributed by atoms with Gasteiger partial charge in [0.15, 0.2) is 35.8 Å². The summed E-state index contributed by atoms with van der Waals surface area (Å²) in [5.41, 5.74) is 4.26. The van der Waals surface area contributed by atoms with Crippen molar-refractivity contribution >= 4 is 46.8 Å². The van der Waals surface area contributed by atoms with Crippen molar-refractivity contribution in [3.05, 3.63) is 56.3 Å². The Labute approximate surface area is 268 Å². The average molecular weight is 727 g/mol. The molecular formula is C29H35IN4O10. The molecule has 0 saturated heterocycles. The maximum atomic E-state index is 12.4. The molecule has 0 saturated carbocycles. The number of nitrogens with one attached hydrogen (secondary N) is 3. The predicted octanol–water partition coefficient (Wildman–Crippen LogP) is 2.76. The van der Waals surface area contributed by atoms with Crippen molar-refractivity contribution in [3.63, 3.8) is 0 Å². The molecule has 2 aromatic carbocycles. The molecule has 44 heavy (non-hydrogen) atoms. The first-order valence-electron chi connectivity index (χ1n) is 13.5. The number of nitrogens with zero attached hydrogens (tertiary/aromatic N) is 1. The van der Waals surface area contributed by atoms with E-state index in [9.17, 15) is 19.5 Å². The van der Waals surface area contributed by atoms with Gasteiger partial charge in [-0.2, -0.15) is 5.10 Å². The Kier molecular flexibility index (Phi) is 12.9. The molecule has 2 atom stereocenters. The van der Waals surface area contributed by atoms with Crippen LogP contribution in [0, 0.1) is 3.57 Å². The number of hydrogen-bond donors (Lipinski definition) is 4. The van der Waals surface area contributed by atoms with E-state index in [1.54, 1.807) is 51.1 Å². The zero-order chi connectivity index (χ0) is 32.2. The highest BCUT2D eigenvalue weighted by molar-refractivity contribution is 14.1. The summed E-state index contributed by atoms with van der Waals surface area (Å²) in [7, 11) is 2.74. The Morgan fingerprint density at radius 1 is 1.09 bits per heavy atom. The lowest BCUT2D eigenvalue weighted by Crippen LogP contribution is -2.45. The number of hydrogen-bond acceptors (Lipinski definition) is 12. The van der Waals surface area contributed by atoms with Gasteiger partial charge in [0, 0.05) is 14.8 Å². The van der Waals surface area contributed by atoms with Crippen molar-refractivity contribution in [1.29, 1.82) is 0 Å². The molecule has 14 nitrogen and oxygen atoms in total. The maximum absolute atomic E-state index is 12.4. The largest absolute Gasteiger partial charge is 0.493 e. The van der Waals surface area contributed by atoms with Gasteiger partial charge in [-0.05, 0) is 73.2 Å². The number of carbonyl (C=O) groups is 3. The van der Waals surface area contributed by atoms with E-state index in [2.05, 4.69) is 43.8 Å². The number of hydrazone groups is 1. The van der Waals surface area contributed by atoms with E-state index < -0.39 is 30.2 Å². The van der Waals surface area contributed by atoms with Crippen LogP contribution in [-0.4, -0.2) is 76.2 Å². The fraction of sp³-hybridized carbons (Fsp3) is 0.379. The second-order valence-corrected chi connectivity index (χ2v) is 10.3. The van der Waals surface area contributed by atoms with Gasteiger partial charge < -0.3 is 44.2 Å². The third-order valence-electron chi connectivity index (χ3n) is 6.01. The SMILES string of the molecule is CCOC(=O)COc1c(/C=N/N[C@@H](O)COc2ccc([C@@H]3NC(=O)NC(C)=C3C(=O)OC)cc2OCC)cc(I)cc1OC. The van der Waals surface area contributed by atoms with Crippen LogP contribution in [0.15, 0.2) is 46.7 Å². The summed E-state index contributed by atoms with van der Waals surface area (Å²) < 4.78 is 33.2. The van der Waals surface area contributed by atoms with Crippen molar-refractivity contribution in [2.75, 3.05) is 40.6 Å². The first-order chi connectivity index (χ1) is 21.1. The lowest BCUT2D eigenvalue weighted by atomic mass is 9.95. The number of rotatable bonds is 15. The summed E-state index contributed by atoms with van der Waals surface area (Å²) in [5, 5.41) is 19.9. The molecule has 1 aliphatic heterocycles. The van der Waals surface area contributed by atoms with Crippen molar-refractivity contribution in [1.82, 2.24) is 16.1 Å². The Hall–Kier alpha value is -4.25. The molecule has 1 aliphatic rings. The number of carbonyl (C=O) groups excluding carboxylic acids is 3. The lowest BCUT2D eigenvalue weighted by molar-refractivity contribution is -0.145. The van der Waals surface area contributed by atoms with Crippen LogP contribution in [0.1, 0.15) is 37.9 Å². The van der Waals surface area contributed by atoms with Gasteiger partial charge in [-0.25, -0.2) is 14.4 Å². The normalized spacial score (nSPS) is 15.2. The molecule has 0 aliphatic carbocycles. The minimum absolute atomic E-state index is 0.213. The number of esters is 2. The molecule has 2 amide bonds. The Morgan fingerprint density at radius 3 is 2.55 bits per heavy atom. The Bertz CT molecular complexity index is 1410. The monoisotopic (exact) mass is 726 g/mol. The highest BCUT2D eigenvalue weighted by atomic mass is 127. The van der Waals surface area contributed by atoms with E-state index in [-0.39, 0.29) is 31.1 Å². The molecule has 0 radical (unpaired) electrons. The molecule has 15 heteroatoms. The van der Waals surface area contributed by atoms with E-state index in [4.69, 9.17) is 28.4 Å². The van der Waals surface area contributed by atoms with E-state index >= 15 is 0 Å². The number of benzene rings is 2. The Balaban J connectivity index is 1.71. The number of aliphatic hydroxyl groups is 1. The van der Waals surface area contributed by atoms with Crippen molar-refractivity contribution < 1.29 is 47.9 Å². The molecule has 3 rings (SSSR count). The molecule has 0 bridgehead atoms. The predicted molar refractivity (Wildman–Crippen MR) is 167 cm³/mol. The number of aliphatic hydroxyl groups excluding tert-OH is 1. The van der Waals surface area contributed by atoms with E-state index in [1.807, 2.05) is 0 Å². The first kappa shape index (κ1) is 34.2. The summed E-state index contributed by atoms with van der Waals surface area (Å²) >= 11 is 2.11. The molecule has 0 spiro atoms. The lowest BCUT2D eigenvalue weighted by Gasteiger charge is -2.28. The van der Waals surface area contributed by atoms with Gasteiger partial charge >= 0.3 is 18.0 Å². The van der Waals surface area contributed by atoms with Crippen LogP contribution in [0.4, 0.5) is 4.79 Å². The topological polar surface area (TPSA) is 175 Å². The molecule has 4 N–H and O–H groups in total. The van der Waals surface area contributed by atoms with Crippen LogP contribution in [0.25, 0.3) is 0 Å². The Morgan fingerprint density at radius 2 is 1.86 bits per heavy atom. The van der Waals surface area contributed by atoms with Crippen molar-refractivity contribution in [3.8, 4) is 23.0 Å². The summed E-state index contributed by atoms with van der Waals surface area (Å²) in [6.07, 6.45) is 0.186. The quantitative estimate of drug-likeness (QED) is 0.0699. The number of amides is 2. The summed E-state index contributed by atoms with van der Waals surface area (Å²) in [6, 6.07) is 7.19. The number of ether oxygens (including phenoxy) is 6. The van der Waals surface area contributed by atoms with Gasteiger partial charge in [0.1, 0.15) is 6.61 Å². The average Bonchev–Trinajstić information content (AvgIpc) is 2.99. The van der Waals surface area contributed by atoms with Gasteiger partial charge in [0.25, 0.3) is 0 Å². The van der Waals surface area contributed by atoms with Crippen LogP contribution in [0.2, 0.25) is 0 Å². The number of allylic oxidation sites excluding steroid dienone is 1.